The Morgan fingerprint density at radius 2 is 1.26 bits per heavy atom. The fourth-order valence-corrected chi connectivity index (χ4v) is 6.04. The molecule has 35 heavy (non-hydrogen) atoms. The predicted octanol–water partition coefficient (Wildman–Crippen LogP) is 9.88. The molecule has 0 N–H and O–H groups in total. The standard InChI is InChI=1S/C33H23ClO/c1-33(2)29-11-7-6-10-24(29)28-18-22(17-25(32(28)33)20-8-4-3-5-9-20)21-12-14-30-26(16-21)27-19-23(34)13-15-31(27)35-30/h3-19H,1-2H3. The minimum absolute atomic E-state index is 0.0723. The summed E-state index contributed by atoms with van der Waals surface area (Å²) >= 11 is 6.32. The lowest BCUT2D eigenvalue weighted by atomic mass is 9.78. The maximum absolute atomic E-state index is 6.32. The average Bonchev–Trinajstić information content (AvgIpc) is 3.36. The lowest BCUT2D eigenvalue weighted by Gasteiger charge is -2.25. The van der Waals surface area contributed by atoms with Crippen molar-refractivity contribution in [2.24, 2.45) is 0 Å². The Balaban J connectivity index is 1.53. The van der Waals surface area contributed by atoms with E-state index in [2.05, 4.69) is 98.8 Å². The maximum Gasteiger partial charge on any atom is 0.135 e. The Kier molecular flexibility index (Phi) is 4.31. The summed E-state index contributed by atoms with van der Waals surface area (Å²) in [5.41, 5.74) is 12.0. The second-order valence-electron chi connectivity index (χ2n) is 9.94. The van der Waals surface area contributed by atoms with Crippen molar-refractivity contribution < 1.29 is 4.42 Å². The van der Waals surface area contributed by atoms with Gasteiger partial charge >= 0.3 is 0 Å². The molecule has 0 spiro atoms. The molecule has 0 fully saturated rings. The molecule has 1 aromatic heterocycles. The summed E-state index contributed by atoms with van der Waals surface area (Å²) in [7, 11) is 0. The number of fused-ring (bicyclic) bond motifs is 6. The van der Waals surface area contributed by atoms with Gasteiger partial charge < -0.3 is 4.42 Å². The molecule has 0 saturated heterocycles. The SMILES string of the molecule is CC1(C)c2ccccc2-c2cc(-c3ccc4oc5ccc(Cl)cc5c4c3)cc(-c3ccccc3)c21. The Hall–Kier alpha value is -3.81. The molecule has 0 bridgehead atoms. The van der Waals surface area contributed by atoms with Crippen LogP contribution in [0.3, 0.4) is 0 Å². The monoisotopic (exact) mass is 470 g/mol. The number of rotatable bonds is 2. The van der Waals surface area contributed by atoms with Gasteiger partial charge in [-0.05, 0) is 87.0 Å². The Morgan fingerprint density at radius 1 is 0.571 bits per heavy atom. The van der Waals surface area contributed by atoms with E-state index in [1.54, 1.807) is 0 Å². The van der Waals surface area contributed by atoms with E-state index in [1.165, 1.54) is 44.5 Å². The molecule has 1 aliphatic carbocycles. The fraction of sp³-hybridized carbons (Fsp3) is 0.0909. The van der Waals surface area contributed by atoms with Crippen LogP contribution in [0.5, 0.6) is 0 Å². The second-order valence-corrected chi connectivity index (χ2v) is 10.4. The topological polar surface area (TPSA) is 13.1 Å². The van der Waals surface area contributed by atoms with Crippen LogP contribution < -0.4 is 0 Å². The fourth-order valence-electron chi connectivity index (χ4n) is 5.87. The predicted molar refractivity (Wildman–Crippen MR) is 147 cm³/mol. The highest BCUT2D eigenvalue weighted by molar-refractivity contribution is 6.31. The summed E-state index contributed by atoms with van der Waals surface area (Å²) in [6, 6.07) is 36.6. The zero-order valence-corrected chi connectivity index (χ0v) is 20.4. The van der Waals surface area contributed by atoms with E-state index in [9.17, 15) is 0 Å². The van der Waals surface area contributed by atoms with Crippen molar-refractivity contribution in [2.45, 2.75) is 19.3 Å². The molecule has 5 aromatic carbocycles. The second kappa shape index (κ2) is 7.34. The molecule has 0 saturated carbocycles. The highest BCUT2D eigenvalue weighted by atomic mass is 35.5. The summed E-state index contributed by atoms with van der Waals surface area (Å²) in [4.78, 5) is 0. The lowest BCUT2D eigenvalue weighted by Crippen LogP contribution is -2.16. The zero-order valence-electron chi connectivity index (χ0n) is 19.6. The molecule has 6 aromatic rings. The van der Waals surface area contributed by atoms with E-state index in [4.69, 9.17) is 16.0 Å². The molecule has 0 atom stereocenters. The molecule has 168 valence electrons. The molecule has 0 aliphatic heterocycles. The molecule has 1 heterocycles. The number of hydrogen-bond acceptors (Lipinski definition) is 1. The van der Waals surface area contributed by atoms with E-state index in [1.807, 2.05) is 18.2 Å². The largest absolute Gasteiger partial charge is 0.456 e. The van der Waals surface area contributed by atoms with Crippen molar-refractivity contribution in [1.82, 2.24) is 0 Å². The highest BCUT2D eigenvalue weighted by Crippen LogP contribution is 2.53. The van der Waals surface area contributed by atoms with Gasteiger partial charge in [-0.25, -0.2) is 0 Å². The van der Waals surface area contributed by atoms with Gasteiger partial charge in [-0.1, -0.05) is 86.1 Å². The minimum atomic E-state index is -0.0723. The summed E-state index contributed by atoms with van der Waals surface area (Å²) in [6.07, 6.45) is 0. The molecular weight excluding hydrogens is 448 g/mol. The summed E-state index contributed by atoms with van der Waals surface area (Å²) in [5.74, 6) is 0. The van der Waals surface area contributed by atoms with Gasteiger partial charge in [0.15, 0.2) is 0 Å². The van der Waals surface area contributed by atoms with Crippen molar-refractivity contribution in [3.8, 4) is 33.4 Å². The van der Waals surface area contributed by atoms with E-state index in [0.29, 0.717) is 5.02 Å². The molecule has 0 amide bonds. The first kappa shape index (κ1) is 20.6. The molecule has 1 nitrogen and oxygen atoms in total. The van der Waals surface area contributed by atoms with Gasteiger partial charge in [-0.15, -0.1) is 0 Å². The normalized spacial score (nSPS) is 13.8. The Bertz CT molecular complexity index is 1770. The average molecular weight is 471 g/mol. The quantitative estimate of drug-likeness (QED) is 0.245. The van der Waals surface area contributed by atoms with Crippen LogP contribution in [-0.2, 0) is 5.41 Å². The smallest absolute Gasteiger partial charge is 0.135 e. The van der Waals surface area contributed by atoms with E-state index < -0.39 is 0 Å². The molecule has 0 unspecified atom stereocenters. The molecule has 2 heteroatoms. The van der Waals surface area contributed by atoms with Crippen molar-refractivity contribution in [1.29, 1.82) is 0 Å². The molecule has 0 radical (unpaired) electrons. The summed E-state index contributed by atoms with van der Waals surface area (Å²) in [6.45, 7) is 4.69. The maximum atomic E-state index is 6.32. The van der Waals surface area contributed by atoms with E-state index in [-0.39, 0.29) is 5.41 Å². The van der Waals surface area contributed by atoms with E-state index >= 15 is 0 Å². The first-order chi connectivity index (χ1) is 17.0. The van der Waals surface area contributed by atoms with Crippen LogP contribution in [-0.4, -0.2) is 0 Å². The first-order valence-electron chi connectivity index (χ1n) is 12.0. The van der Waals surface area contributed by atoms with Crippen molar-refractivity contribution in [3.05, 3.63) is 119 Å². The van der Waals surface area contributed by atoms with Crippen LogP contribution in [0.15, 0.2) is 108 Å². The summed E-state index contributed by atoms with van der Waals surface area (Å²) in [5, 5.41) is 2.85. The van der Waals surface area contributed by atoms with Gasteiger partial charge in [0.25, 0.3) is 0 Å². The number of furan rings is 1. The molecule has 7 rings (SSSR count). The van der Waals surface area contributed by atoms with Gasteiger partial charge in [0.1, 0.15) is 11.2 Å². The van der Waals surface area contributed by atoms with Crippen LogP contribution in [0.25, 0.3) is 55.3 Å². The molecule has 1 aliphatic rings. The Labute approximate surface area is 209 Å². The lowest BCUT2D eigenvalue weighted by molar-refractivity contribution is 0.662. The van der Waals surface area contributed by atoms with E-state index in [0.717, 1.165) is 21.9 Å². The first-order valence-corrected chi connectivity index (χ1v) is 12.3. The summed E-state index contributed by atoms with van der Waals surface area (Å²) < 4.78 is 6.08. The van der Waals surface area contributed by atoms with Crippen molar-refractivity contribution >= 4 is 33.5 Å². The van der Waals surface area contributed by atoms with Crippen LogP contribution in [0.4, 0.5) is 0 Å². The molecular formula is C33H23ClO. The van der Waals surface area contributed by atoms with Crippen LogP contribution in [0, 0.1) is 0 Å². The number of benzene rings is 5. The van der Waals surface area contributed by atoms with Crippen molar-refractivity contribution in [2.75, 3.05) is 0 Å². The van der Waals surface area contributed by atoms with Crippen LogP contribution in [0.2, 0.25) is 5.02 Å². The Morgan fingerprint density at radius 3 is 2.09 bits per heavy atom. The van der Waals surface area contributed by atoms with Gasteiger partial charge in [0, 0.05) is 21.2 Å². The third kappa shape index (κ3) is 3.02. The van der Waals surface area contributed by atoms with Gasteiger partial charge in [0.2, 0.25) is 0 Å². The van der Waals surface area contributed by atoms with Crippen molar-refractivity contribution in [3.63, 3.8) is 0 Å². The van der Waals surface area contributed by atoms with Gasteiger partial charge in [-0.3, -0.25) is 0 Å². The third-order valence-electron chi connectivity index (χ3n) is 7.50. The third-order valence-corrected chi connectivity index (χ3v) is 7.74. The number of hydrogen-bond donors (Lipinski definition) is 0. The van der Waals surface area contributed by atoms with Gasteiger partial charge in [0.05, 0.1) is 0 Å². The minimum Gasteiger partial charge on any atom is -0.456 e. The van der Waals surface area contributed by atoms with Gasteiger partial charge in [-0.2, -0.15) is 0 Å². The zero-order chi connectivity index (χ0) is 23.7. The number of halogens is 1. The van der Waals surface area contributed by atoms with Crippen LogP contribution >= 0.6 is 11.6 Å². The van der Waals surface area contributed by atoms with Crippen LogP contribution in [0.1, 0.15) is 25.0 Å². The highest BCUT2D eigenvalue weighted by Gasteiger charge is 2.37.